The van der Waals surface area contributed by atoms with Gasteiger partial charge in [0.1, 0.15) is 5.54 Å². The highest BCUT2D eigenvalue weighted by molar-refractivity contribution is 9.10. The van der Waals surface area contributed by atoms with Gasteiger partial charge in [0.05, 0.1) is 6.42 Å². The van der Waals surface area contributed by atoms with Crippen molar-refractivity contribution in [3.8, 4) is 0 Å². The molecule has 6 heteroatoms. The summed E-state index contributed by atoms with van der Waals surface area (Å²) in [5.41, 5.74) is 0.516. The number of amides is 1. The third kappa shape index (κ3) is 3.21. The Kier molecular flexibility index (Phi) is 4.29. The summed E-state index contributed by atoms with van der Waals surface area (Å²) in [6.45, 7) is 1.77. The van der Waals surface area contributed by atoms with Gasteiger partial charge in [-0.1, -0.05) is 46.1 Å². The quantitative estimate of drug-likeness (QED) is 0.904. The molecule has 0 spiro atoms. The molecular formula is C16H18BrN3O2. The number of rotatable bonds is 4. The van der Waals surface area contributed by atoms with Gasteiger partial charge in [-0.3, -0.25) is 4.79 Å². The first-order chi connectivity index (χ1) is 10.6. The van der Waals surface area contributed by atoms with E-state index in [1.807, 2.05) is 24.3 Å². The maximum atomic E-state index is 12.4. The van der Waals surface area contributed by atoms with Gasteiger partial charge in [-0.25, -0.2) is 0 Å². The van der Waals surface area contributed by atoms with Crippen molar-refractivity contribution in [1.29, 1.82) is 0 Å². The Morgan fingerprint density at radius 1 is 1.32 bits per heavy atom. The largest absolute Gasteiger partial charge is 0.343 e. The molecule has 0 bridgehead atoms. The SMILES string of the molecule is Cc1nc(C2(NC(=O)Cc3ccc(Br)cc3)CCCC2)no1. The summed E-state index contributed by atoms with van der Waals surface area (Å²) < 4.78 is 6.10. The van der Waals surface area contributed by atoms with E-state index in [1.165, 1.54) is 0 Å². The van der Waals surface area contributed by atoms with Gasteiger partial charge >= 0.3 is 0 Å². The molecule has 1 aromatic carbocycles. The highest BCUT2D eigenvalue weighted by Gasteiger charge is 2.41. The molecule has 116 valence electrons. The van der Waals surface area contributed by atoms with E-state index in [1.54, 1.807) is 6.92 Å². The standard InChI is InChI=1S/C16H18BrN3O2/c1-11-18-15(20-22-11)16(8-2-3-9-16)19-14(21)10-12-4-6-13(17)7-5-12/h4-7H,2-3,8-10H2,1H3,(H,19,21). The van der Waals surface area contributed by atoms with Gasteiger partial charge in [0.2, 0.25) is 11.8 Å². The number of nitrogens with zero attached hydrogens (tertiary/aromatic N) is 2. The van der Waals surface area contributed by atoms with Gasteiger partial charge in [-0.2, -0.15) is 4.98 Å². The van der Waals surface area contributed by atoms with Crippen LogP contribution in [0.15, 0.2) is 33.3 Å². The lowest BCUT2D eigenvalue weighted by Crippen LogP contribution is -2.45. The number of nitrogens with one attached hydrogen (secondary N) is 1. The maximum Gasteiger partial charge on any atom is 0.225 e. The summed E-state index contributed by atoms with van der Waals surface area (Å²) in [5, 5.41) is 7.18. The van der Waals surface area contributed by atoms with E-state index in [0.717, 1.165) is 35.7 Å². The van der Waals surface area contributed by atoms with E-state index in [2.05, 4.69) is 31.4 Å². The second-order valence-corrected chi connectivity index (χ2v) is 6.69. The van der Waals surface area contributed by atoms with E-state index in [-0.39, 0.29) is 5.91 Å². The smallest absolute Gasteiger partial charge is 0.225 e. The van der Waals surface area contributed by atoms with Crippen LogP contribution in [0.5, 0.6) is 0 Å². The fourth-order valence-corrected chi connectivity index (χ4v) is 3.24. The average molecular weight is 364 g/mol. The third-order valence-electron chi connectivity index (χ3n) is 4.07. The summed E-state index contributed by atoms with van der Waals surface area (Å²) in [5.74, 6) is 1.13. The number of benzene rings is 1. The van der Waals surface area contributed by atoms with Gasteiger partial charge in [-0.05, 0) is 30.5 Å². The molecule has 0 atom stereocenters. The van der Waals surface area contributed by atoms with Crippen LogP contribution in [0.2, 0.25) is 0 Å². The van der Waals surface area contributed by atoms with Crippen molar-refractivity contribution < 1.29 is 9.32 Å². The Labute approximate surface area is 137 Å². The Balaban J connectivity index is 1.74. The summed E-state index contributed by atoms with van der Waals surface area (Å²) in [6, 6.07) is 7.78. The summed E-state index contributed by atoms with van der Waals surface area (Å²) >= 11 is 3.40. The molecule has 22 heavy (non-hydrogen) atoms. The Bertz CT molecular complexity index is 660. The fraction of sp³-hybridized carbons (Fsp3) is 0.438. The van der Waals surface area contributed by atoms with Crippen LogP contribution in [-0.2, 0) is 16.8 Å². The van der Waals surface area contributed by atoms with Crippen LogP contribution < -0.4 is 5.32 Å². The molecule has 0 unspecified atom stereocenters. The molecule has 1 N–H and O–H groups in total. The highest BCUT2D eigenvalue weighted by atomic mass is 79.9. The predicted molar refractivity (Wildman–Crippen MR) is 85.2 cm³/mol. The number of hydrogen-bond acceptors (Lipinski definition) is 4. The number of carbonyl (C=O) groups is 1. The zero-order chi connectivity index (χ0) is 15.6. The molecule has 3 rings (SSSR count). The highest BCUT2D eigenvalue weighted by Crippen LogP contribution is 2.37. The van der Waals surface area contributed by atoms with Crippen molar-refractivity contribution in [3.05, 3.63) is 46.0 Å². The van der Waals surface area contributed by atoms with E-state index in [0.29, 0.717) is 18.1 Å². The van der Waals surface area contributed by atoms with Gasteiger partial charge in [0.15, 0.2) is 5.82 Å². The second kappa shape index (κ2) is 6.20. The minimum absolute atomic E-state index is 0.00771. The summed E-state index contributed by atoms with van der Waals surface area (Å²) in [6.07, 6.45) is 4.19. The lowest BCUT2D eigenvalue weighted by Gasteiger charge is -2.26. The molecule has 2 aromatic rings. The van der Waals surface area contributed by atoms with Gasteiger partial charge in [0, 0.05) is 11.4 Å². The zero-order valence-corrected chi connectivity index (χ0v) is 14.0. The van der Waals surface area contributed by atoms with Crippen LogP contribution in [0.4, 0.5) is 0 Å². The molecule has 1 aliphatic rings. The molecule has 0 saturated heterocycles. The lowest BCUT2D eigenvalue weighted by atomic mass is 9.96. The number of halogens is 1. The van der Waals surface area contributed by atoms with Crippen LogP contribution in [-0.4, -0.2) is 16.0 Å². The topological polar surface area (TPSA) is 68.0 Å². The van der Waals surface area contributed by atoms with E-state index in [4.69, 9.17) is 4.52 Å². The van der Waals surface area contributed by atoms with Gasteiger partial charge in [-0.15, -0.1) is 0 Å². The second-order valence-electron chi connectivity index (χ2n) is 5.78. The monoisotopic (exact) mass is 363 g/mol. The predicted octanol–water partition coefficient (Wildman–Crippen LogP) is 3.27. The van der Waals surface area contributed by atoms with Crippen LogP contribution in [0.25, 0.3) is 0 Å². The van der Waals surface area contributed by atoms with Crippen molar-refractivity contribution in [1.82, 2.24) is 15.5 Å². The molecule has 5 nitrogen and oxygen atoms in total. The first kappa shape index (κ1) is 15.2. The van der Waals surface area contributed by atoms with Crippen LogP contribution >= 0.6 is 15.9 Å². The van der Waals surface area contributed by atoms with Gasteiger partial charge < -0.3 is 9.84 Å². The molecular weight excluding hydrogens is 346 g/mol. The minimum Gasteiger partial charge on any atom is -0.343 e. The Morgan fingerprint density at radius 3 is 2.59 bits per heavy atom. The van der Waals surface area contributed by atoms with E-state index in [9.17, 15) is 4.79 Å². The van der Waals surface area contributed by atoms with Crippen LogP contribution in [0, 0.1) is 6.92 Å². The van der Waals surface area contributed by atoms with Crippen LogP contribution in [0.3, 0.4) is 0 Å². The molecule has 1 aromatic heterocycles. The normalized spacial score (nSPS) is 16.6. The zero-order valence-electron chi connectivity index (χ0n) is 12.4. The molecule has 1 heterocycles. The van der Waals surface area contributed by atoms with E-state index < -0.39 is 5.54 Å². The maximum absolute atomic E-state index is 12.4. The average Bonchev–Trinajstić information content (AvgIpc) is 3.11. The number of aryl methyl sites for hydroxylation is 1. The Morgan fingerprint density at radius 2 is 2.00 bits per heavy atom. The van der Waals surface area contributed by atoms with Crippen molar-refractivity contribution in [3.63, 3.8) is 0 Å². The van der Waals surface area contributed by atoms with E-state index >= 15 is 0 Å². The first-order valence-corrected chi connectivity index (χ1v) is 8.23. The number of carbonyl (C=O) groups excluding carboxylic acids is 1. The Hall–Kier alpha value is -1.69. The molecule has 0 aliphatic heterocycles. The molecule has 1 saturated carbocycles. The summed E-state index contributed by atoms with van der Waals surface area (Å²) in [7, 11) is 0. The van der Waals surface area contributed by atoms with Crippen molar-refractivity contribution >= 4 is 21.8 Å². The van der Waals surface area contributed by atoms with Crippen LogP contribution in [0.1, 0.15) is 43.0 Å². The lowest BCUT2D eigenvalue weighted by molar-refractivity contribution is -0.122. The molecule has 1 amide bonds. The number of hydrogen-bond donors (Lipinski definition) is 1. The summed E-state index contributed by atoms with van der Waals surface area (Å²) in [4.78, 5) is 16.8. The molecule has 1 aliphatic carbocycles. The molecule has 1 fully saturated rings. The fourth-order valence-electron chi connectivity index (χ4n) is 2.98. The minimum atomic E-state index is -0.468. The van der Waals surface area contributed by atoms with Crippen molar-refractivity contribution in [2.45, 2.75) is 44.6 Å². The first-order valence-electron chi connectivity index (χ1n) is 7.44. The van der Waals surface area contributed by atoms with Gasteiger partial charge in [0.25, 0.3) is 0 Å². The van der Waals surface area contributed by atoms with Crippen molar-refractivity contribution in [2.24, 2.45) is 0 Å². The number of aromatic nitrogens is 2. The van der Waals surface area contributed by atoms with Crippen molar-refractivity contribution in [2.75, 3.05) is 0 Å². The third-order valence-corrected chi connectivity index (χ3v) is 4.60. The molecule has 0 radical (unpaired) electrons.